The van der Waals surface area contributed by atoms with E-state index in [4.69, 9.17) is 4.74 Å². The summed E-state index contributed by atoms with van der Waals surface area (Å²) in [4.78, 5) is 14.4. The Morgan fingerprint density at radius 1 is 1.47 bits per heavy atom. The predicted molar refractivity (Wildman–Crippen MR) is 75.9 cm³/mol. The van der Waals surface area contributed by atoms with Gasteiger partial charge in [-0.2, -0.15) is 0 Å². The number of nitrogens with zero attached hydrogens (tertiary/aromatic N) is 1. The van der Waals surface area contributed by atoms with Gasteiger partial charge in [0.2, 0.25) is 5.91 Å². The Kier molecular flexibility index (Phi) is 3.86. The second-order valence-corrected chi connectivity index (χ2v) is 5.82. The first-order chi connectivity index (χ1) is 9.25. The number of amides is 1. The van der Waals surface area contributed by atoms with E-state index in [1.807, 2.05) is 11.0 Å². The average molecular weight is 325 g/mol. The van der Waals surface area contributed by atoms with E-state index in [9.17, 15) is 4.79 Å². The Bertz CT molecular complexity index is 486. The minimum absolute atomic E-state index is 0.154. The van der Waals surface area contributed by atoms with Crippen LogP contribution in [0.4, 0.5) is 0 Å². The van der Waals surface area contributed by atoms with Crippen molar-refractivity contribution in [1.82, 2.24) is 10.2 Å². The molecular weight excluding hydrogens is 308 g/mol. The summed E-state index contributed by atoms with van der Waals surface area (Å²) in [6.45, 7) is 3.41. The molecule has 1 saturated heterocycles. The van der Waals surface area contributed by atoms with Gasteiger partial charge in [-0.15, -0.1) is 0 Å². The topological polar surface area (TPSA) is 41.6 Å². The zero-order chi connectivity index (χ0) is 13.2. The van der Waals surface area contributed by atoms with Gasteiger partial charge >= 0.3 is 0 Å². The molecule has 1 aromatic carbocycles. The summed E-state index contributed by atoms with van der Waals surface area (Å²) in [5.41, 5.74) is 2.57. The number of fused-ring (bicyclic) bond motifs is 1. The van der Waals surface area contributed by atoms with Crippen molar-refractivity contribution in [3.63, 3.8) is 0 Å². The first kappa shape index (κ1) is 13.1. The van der Waals surface area contributed by atoms with Crippen molar-refractivity contribution in [1.29, 1.82) is 0 Å². The van der Waals surface area contributed by atoms with E-state index in [1.54, 1.807) is 0 Å². The van der Waals surface area contributed by atoms with Crippen LogP contribution in [0.2, 0.25) is 0 Å². The molecule has 1 amide bonds. The highest BCUT2D eigenvalue weighted by Crippen LogP contribution is 2.26. The lowest BCUT2D eigenvalue weighted by Crippen LogP contribution is -2.53. The number of benzene rings is 1. The minimum Gasteiger partial charge on any atom is -0.378 e. The van der Waals surface area contributed by atoms with Gasteiger partial charge in [-0.3, -0.25) is 4.79 Å². The maximum atomic E-state index is 12.4. The molecule has 4 nitrogen and oxygen atoms in total. The van der Waals surface area contributed by atoms with Crippen molar-refractivity contribution >= 4 is 21.8 Å². The number of hydrogen-bond donors (Lipinski definition) is 1. The van der Waals surface area contributed by atoms with Crippen molar-refractivity contribution in [2.45, 2.75) is 19.0 Å². The number of hydrogen-bond acceptors (Lipinski definition) is 3. The van der Waals surface area contributed by atoms with Crippen LogP contribution in [0.25, 0.3) is 0 Å². The summed E-state index contributed by atoms with van der Waals surface area (Å²) < 4.78 is 6.46. The van der Waals surface area contributed by atoms with Crippen molar-refractivity contribution < 1.29 is 9.53 Å². The molecule has 0 saturated carbocycles. The van der Waals surface area contributed by atoms with Gasteiger partial charge in [0.15, 0.2) is 0 Å². The van der Waals surface area contributed by atoms with Crippen molar-refractivity contribution in [2.75, 3.05) is 26.3 Å². The molecule has 1 unspecified atom stereocenters. The average Bonchev–Trinajstić information content (AvgIpc) is 2.47. The zero-order valence-corrected chi connectivity index (χ0v) is 12.3. The molecule has 1 fully saturated rings. The number of morpholine rings is 1. The summed E-state index contributed by atoms with van der Waals surface area (Å²) in [6, 6.07) is 6.05. The molecule has 2 aliphatic heterocycles. The van der Waals surface area contributed by atoms with Gasteiger partial charge in [-0.1, -0.05) is 28.1 Å². The molecule has 1 atom stereocenters. The monoisotopic (exact) mass is 324 g/mol. The third-order valence-corrected chi connectivity index (χ3v) is 4.49. The van der Waals surface area contributed by atoms with E-state index in [0.29, 0.717) is 19.8 Å². The first-order valence-corrected chi connectivity index (χ1v) is 7.41. The maximum Gasteiger partial charge on any atom is 0.242 e. The Balaban J connectivity index is 1.74. The van der Waals surface area contributed by atoms with Crippen LogP contribution >= 0.6 is 15.9 Å². The minimum atomic E-state index is -0.183. The number of carbonyl (C=O) groups is 1. The normalized spacial score (nSPS) is 23.0. The summed E-state index contributed by atoms with van der Waals surface area (Å²) in [6.07, 6.45) is 0.925. The van der Waals surface area contributed by atoms with Crippen LogP contribution < -0.4 is 5.32 Å². The van der Waals surface area contributed by atoms with Crippen molar-refractivity contribution in [2.24, 2.45) is 0 Å². The van der Waals surface area contributed by atoms with Crippen LogP contribution in [0.5, 0.6) is 0 Å². The third-order valence-electron chi connectivity index (χ3n) is 3.75. The molecular formula is C14H17BrN2O2. The second-order valence-electron chi connectivity index (χ2n) is 4.97. The quantitative estimate of drug-likeness (QED) is 0.847. The summed E-state index contributed by atoms with van der Waals surface area (Å²) in [5, 5.41) is 3.23. The molecule has 0 radical (unpaired) electrons. The molecule has 0 bridgehead atoms. The highest BCUT2D eigenvalue weighted by atomic mass is 79.9. The summed E-state index contributed by atoms with van der Waals surface area (Å²) in [5.74, 6) is 0.154. The summed E-state index contributed by atoms with van der Waals surface area (Å²) in [7, 11) is 0. The number of ether oxygens (including phenoxy) is 1. The second kappa shape index (κ2) is 5.61. The molecule has 0 aromatic heterocycles. The number of nitrogens with one attached hydrogen (secondary N) is 1. The zero-order valence-electron chi connectivity index (χ0n) is 10.7. The Hall–Kier alpha value is -0.910. The highest BCUT2D eigenvalue weighted by Gasteiger charge is 2.29. The van der Waals surface area contributed by atoms with Crippen LogP contribution in [0.1, 0.15) is 11.1 Å². The predicted octanol–water partition coefficient (Wildman–Crippen LogP) is 1.32. The van der Waals surface area contributed by atoms with Crippen molar-refractivity contribution in [3.8, 4) is 0 Å². The molecule has 19 heavy (non-hydrogen) atoms. The van der Waals surface area contributed by atoms with E-state index in [-0.39, 0.29) is 11.9 Å². The molecule has 0 aliphatic carbocycles. The van der Waals surface area contributed by atoms with E-state index in [0.717, 1.165) is 24.0 Å². The molecule has 0 spiro atoms. The van der Waals surface area contributed by atoms with E-state index in [1.165, 1.54) is 11.1 Å². The Labute approximate surface area is 121 Å². The van der Waals surface area contributed by atoms with Gasteiger partial charge in [-0.25, -0.2) is 0 Å². The van der Waals surface area contributed by atoms with Crippen LogP contribution in [0, 0.1) is 0 Å². The number of carbonyl (C=O) groups excluding carboxylic acids is 1. The number of halogens is 1. The highest BCUT2D eigenvalue weighted by molar-refractivity contribution is 9.10. The van der Waals surface area contributed by atoms with Gasteiger partial charge in [-0.05, 0) is 23.6 Å². The van der Waals surface area contributed by atoms with Gasteiger partial charge in [0.05, 0.1) is 13.2 Å². The lowest BCUT2D eigenvalue weighted by Gasteiger charge is -2.33. The maximum absolute atomic E-state index is 12.4. The molecule has 3 rings (SSSR count). The summed E-state index contributed by atoms with van der Waals surface area (Å²) >= 11 is 3.58. The standard InChI is InChI=1S/C14H17BrN2O2/c15-12-3-1-2-10-4-6-17(8-11(10)12)14(18)13-9-19-7-5-16-13/h1-3,13,16H,4-9H2. The number of rotatable bonds is 1. The molecule has 1 N–H and O–H groups in total. The fraction of sp³-hybridized carbons (Fsp3) is 0.500. The molecule has 2 aliphatic rings. The van der Waals surface area contributed by atoms with Gasteiger partial charge < -0.3 is 15.0 Å². The van der Waals surface area contributed by atoms with Crippen LogP contribution in [0.3, 0.4) is 0 Å². The van der Waals surface area contributed by atoms with Crippen LogP contribution in [0.15, 0.2) is 22.7 Å². The van der Waals surface area contributed by atoms with Crippen LogP contribution in [-0.4, -0.2) is 43.2 Å². The van der Waals surface area contributed by atoms with Gasteiger partial charge in [0.1, 0.15) is 6.04 Å². The first-order valence-electron chi connectivity index (χ1n) is 6.62. The third kappa shape index (κ3) is 2.68. The largest absolute Gasteiger partial charge is 0.378 e. The lowest BCUT2D eigenvalue weighted by molar-refractivity contribution is -0.137. The molecule has 102 valence electrons. The van der Waals surface area contributed by atoms with Gasteiger partial charge in [0.25, 0.3) is 0 Å². The van der Waals surface area contributed by atoms with Crippen molar-refractivity contribution in [3.05, 3.63) is 33.8 Å². The van der Waals surface area contributed by atoms with Gasteiger partial charge in [0, 0.05) is 24.1 Å². The molecule has 5 heteroatoms. The molecule has 1 aromatic rings. The van der Waals surface area contributed by atoms with E-state index in [2.05, 4.69) is 33.4 Å². The van der Waals surface area contributed by atoms with E-state index >= 15 is 0 Å². The lowest BCUT2D eigenvalue weighted by atomic mass is 9.99. The fourth-order valence-corrected chi connectivity index (χ4v) is 3.21. The SMILES string of the molecule is O=C(C1COCCN1)N1CCc2cccc(Br)c2C1. The van der Waals surface area contributed by atoms with E-state index < -0.39 is 0 Å². The molecule has 2 heterocycles. The van der Waals surface area contributed by atoms with Crippen LogP contribution in [-0.2, 0) is 22.5 Å². The Morgan fingerprint density at radius 2 is 2.37 bits per heavy atom. The Morgan fingerprint density at radius 3 is 3.16 bits per heavy atom. The fourth-order valence-electron chi connectivity index (χ4n) is 2.67. The smallest absolute Gasteiger partial charge is 0.242 e.